The highest BCUT2D eigenvalue weighted by Crippen LogP contribution is 2.25. The molecule has 0 amide bonds. The Kier molecular flexibility index (Phi) is 2.83. The molecule has 3 rings (SSSR count). The van der Waals surface area contributed by atoms with Crippen molar-refractivity contribution in [1.29, 1.82) is 0 Å². The second kappa shape index (κ2) is 4.65. The first-order chi connectivity index (χ1) is 9.65. The van der Waals surface area contributed by atoms with E-state index in [9.17, 15) is 9.50 Å². The van der Waals surface area contributed by atoms with Crippen LogP contribution >= 0.6 is 0 Å². The fourth-order valence-corrected chi connectivity index (χ4v) is 1.89. The van der Waals surface area contributed by atoms with E-state index in [1.807, 2.05) is 0 Å². The molecule has 0 radical (unpaired) electrons. The zero-order valence-corrected chi connectivity index (χ0v) is 10.4. The van der Waals surface area contributed by atoms with Crippen LogP contribution in [-0.2, 0) is 0 Å². The van der Waals surface area contributed by atoms with Crippen molar-refractivity contribution in [1.82, 2.24) is 15.0 Å². The van der Waals surface area contributed by atoms with E-state index in [2.05, 4.69) is 10.3 Å². The number of nitrogens with zero attached hydrogens (tertiary/aromatic N) is 3. The number of aromatic nitrogens is 3. The minimum absolute atomic E-state index is 0.159. The van der Waals surface area contributed by atoms with Gasteiger partial charge in [0.25, 0.3) is 0 Å². The van der Waals surface area contributed by atoms with Crippen LogP contribution in [0, 0.1) is 5.82 Å². The molecule has 0 saturated heterocycles. The molecule has 0 fully saturated rings. The molecule has 2 aromatic carbocycles. The number of hydrogen-bond donors (Lipinski definition) is 2. The largest absolute Gasteiger partial charge is 0.508 e. The van der Waals surface area contributed by atoms with E-state index in [1.54, 1.807) is 24.3 Å². The number of aromatic hydroxyl groups is 1. The smallest absolute Gasteiger partial charge is 0.155 e. The Morgan fingerprint density at radius 3 is 2.30 bits per heavy atom. The number of anilines is 1. The van der Waals surface area contributed by atoms with E-state index >= 15 is 0 Å². The van der Waals surface area contributed by atoms with Gasteiger partial charge in [0, 0.05) is 5.56 Å². The van der Waals surface area contributed by atoms with Crippen molar-refractivity contribution in [2.45, 2.75) is 0 Å². The number of hydrogen-bond acceptors (Lipinski definition) is 4. The number of benzene rings is 2. The standard InChI is InChI=1S/C14H11FN4O/c15-10-3-1-9(2-4-10)13-14(16)19(18-17-13)11-5-7-12(20)8-6-11/h1-8,20H,16H2. The van der Waals surface area contributed by atoms with Gasteiger partial charge in [-0.15, -0.1) is 5.10 Å². The van der Waals surface area contributed by atoms with Crippen molar-refractivity contribution >= 4 is 5.82 Å². The second-order valence-electron chi connectivity index (χ2n) is 4.26. The van der Waals surface area contributed by atoms with Crippen molar-refractivity contribution in [2.24, 2.45) is 0 Å². The topological polar surface area (TPSA) is 77.0 Å². The van der Waals surface area contributed by atoms with Gasteiger partial charge >= 0.3 is 0 Å². The Morgan fingerprint density at radius 1 is 1.00 bits per heavy atom. The Labute approximate surface area is 114 Å². The maximum atomic E-state index is 12.9. The first kappa shape index (κ1) is 12.2. The van der Waals surface area contributed by atoms with E-state index < -0.39 is 0 Å². The zero-order valence-electron chi connectivity index (χ0n) is 10.4. The predicted molar refractivity (Wildman–Crippen MR) is 72.8 cm³/mol. The summed E-state index contributed by atoms with van der Waals surface area (Å²) in [6.07, 6.45) is 0. The summed E-state index contributed by atoms with van der Waals surface area (Å²) >= 11 is 0. The molecule has 100 valence electrons. The molecular weight excluding hydrogens is 259 g/mol. The van der Waals surface area contributed by atoms with Crippen molar-refractivity contribution in [3.63, 3.8) is 0 Å². The highest BCUT2D eigenvalue weighted by molar-refractivity contribution is 5.70. The van der Waals surface area contributed by atoms with Crippen molar-refractivity contribution in [3.05, 3.63) is 54.3 Å². The first-order valence-electron chi connectivity index (χ1n) is 5.91. The van der Waals surface area contributed by atoms with Crippen LogP contribution in [0.1, 0.15) is 0 Å². The van der Waals surface area contributed by atoms with Gasteiger partial charge in [-0.2, -0.15) is 4.68 Å². The monoisotopic (exact) mass is 270 g/mol. The summed E-state index contributed by atoms with van der Waals surface area (Å²) in [5.41, 5.74) is 7.88. The average molecular weight is 270 g/mol. The predicted octanol–water partition coefficient (Wildman–Crippen LogP) is 2.36. The van der Waals surface area contributed by atoms with E-state index in [0.717, 1.165) is 0 Å². The number of rotatable bonds is 2. The summed E-state index contributed by atoms with van der Waals surface area (Å²) in [5.74, 6) is 0.187. The van der Waals surface area contributed by atoms with Crippen LogP contribution in [0.15, 0.2) is 48.5 Å². The number of phenolic OH excluding ortho intramolecular Hbond substituents is 1. The quantitative estimate of drug-likeness (QED) is 0.749. The third-order valence-corrected chi connectivity index (χ3v) is 2.92. The highest BCUT2D eigenvalue weighted by Gasteiger charge is 2.13. The van der Waals surface area contributed by atoms with Gasteiger partial charge in [0.1, 0.15) is 17.3 Å². The third-order valence-electron chi connectivity index (χ3n) is 2.92. The summed E-state index contributed by atoms with van der Waals surface area (Å²) in [6, 6.07) is 12.3. The molecule has 1 aromatic heterocycles. The SMILES string of the molecule is Nc1c(-c2ccc(F)cc2)nnn1-c1ccc(O)cc1. The van der Waals surface area contributed by atoms with Crippen LogP contribution in [0.25, 0.3) is 16.9 Å². The lowest BCUT2D eigenvalue weighted by Gasteiger charge is -2.03. The minimum atomic E-state index is -0.321. The van der Waals surface area contributed by atoms with Crippen LogP contribution in [-0.4, -0.2) is 20.1 Å². The number of nitrogen functional groups attached to an aromatic ring is 1. The molecule has 6 heteroatoms. The minimum Gasteiger partial charge on any atom is -0.508 e. The molecule has 0 aliphatic heterocycles. The van der Waals surface area contributed by atoms with Crippen LogP contribution in [0.5, 0.6) is 5.75 Å². The van der Waals surface area contributed by atoms with Gasteiger partial charge in [0.2, 0.25) is 0 Å². The van der Waals surface area contributed by atoms with Gasteiger partial charge in [-0.25, -0.2) is 4.39 Å². The summed E-state index contributed by atoms with van der Waals surface area (Å²) in [5, 5.41) is 17.3. The Balaban J connectivity index is 2.04. The van der Waals surface area contributed by atoms with Crippen molar-refractivity contribution < 1.29 is 9.50 Å². The van der Waals surface area contributed by atoms with E-state index in [1.165, 1.54) is 28.9 Å². The van der Waals surface area contributed by atoms with Gasteiger partial charge in [-0.1, -0.05) is 5.21 Å². The lowest BCUT2D eigenvalue weighted by molar-refractivity contribution is 0.475. The molecule has 0 atom stereocenters. The molecule has 3 aromatic rings. The summed E-state index contributed by atoms with van der Waals surface area (Å²) < 4.78 is 14.4. The zero-order chi connectivity index (χ0) is 14.1. The molecule has 0 unspecified atom stereocenters. The van der Waals surface area contributed by atoms with Crippen LogP contribution in [0.4, 0.5) is 10.2 Å². The van der Waals surface area contributed by atoms with Crippen LogP contribution in [0.2, 0.25) is 0 Å². The average Bonchev–Trinajstić information content (AvgIpc) is 2.83. The van der Waals surface area contributed by atoms with Crippen LogP contribution < -0.4 is 5.73 Å². The van der Waals surface area contributed by atoms with E-state index in [0.29, 0.717) is 22.8 Å². The normalized spacial score (nSPS) is 10.7. The lowest BCUT2D eigenvalue weighted by Crippen LogP contribution is -2.02. The maximum Gasteiger partial charge on any atom is 0.155 e. The number of nitrogens with two attached hydrogens (primary N) is 1. The highest BCUT2D eigenvalue weighted by atomic mass is 19.1. The molecule has 5 nitrogen and oxygen atoms in total. The number of phenols is 1. The van der Waals surface area contributed by atoms with Gasteiger partial charge in [0.05, 0.1) is 5.69 Å². The van der Waals surface area contributed by atoms with Gasteiger partial charge in [-0.05, 0) is 48.5 Å². The Bertz CT molecular complexity index is 672. The lowest BCUT2D eigenvalue weighted by atomic mass is 10.1. The number of halogens is 1. The van der Waals surface area contributed by atoms with Gasteiger partial charge in [-0.3, -0.25) is 0 Å². The van der Waals surface area contributed by atoms with E-state index in [4.69, 9.17) is 5.73 Å². The van der Waals surface area contributed by atoms with Crippen LogP contribution in [0.3, 0.4) is 0 Å². The second-order valence-corrected chi connectivity index (χ2v) is 4.26. The third kappa shape index (κ3) is 2.07. The molecule has 0 saturated carbocycles. The summed E-state index contributed by atoms with van der Waals surface area (Å²) in [4.78, 5) is 0. The molecular formula is C14H11FN4O. The molecule has 0 aliphatic carbocycles. The Hall–Kier alpha value is -2.89. The molecule has 20 heavy (non-hydrogen) atoms. The van der Waals surface area contributed by atoms with Crippen molar-refractivity contribution in [2.75, 3.05) is 5.73 Å². The summed E-state index contributed by atoms with van der Waals surface area (Å²) in [7, 11) is 0. The Morgan fingerprint density at radius 2 is 1.65 bits per heavy atom. The van der Waals surface area contributed by atoms with E-state index in [-0.39, 0.29) is 11.6 Å². The molecule has 0 spiro atoms. The molecule has 1 heterocycles. The molecule has 0 aliphatic rings. The first-order valence-corrected chi connectivity index (χ1v) is 5.91. The van der Waals surface area contributed by atoms with Gasteiger partial charge in [0.15, 0.2) is 5.82 Å². The summed E-state index contributed by atoms with van der Waals surface area (Å²) in [6.45, 7) is 0. The molecule has 0 bridgehead atoms. The fourth-order valence-electron chi connectivity index (χ4n) is 1.89. The van der Waals surface area contributed by atoms with Crippen molar-refractivity contribution in [3.8, 4) is 22.7 Å². The fraction of sp³-hybridized carbons (Fsp3) is 0. The molecule has 3 N–H and O–H groups in total. The van der Waals surface area contributed by atoms with Gasteiger partial charge < -0.3 is 10.8 Å². The maximum absolute atomic E-state index is 12.9.